The van der Waals surface area contributed by atoms with Crippen LogP contribution in [0, 0.1) is 5.92 Å². The van der Waals surface area contributed by atoms with Crippen LogP contribution < -0.4 is 0 Å². The molecule has 6 heteroatoms. The average Bonchev–Trinajstić information content (AvgIpc) is 2.15. The predicted octanol–water partition coefficient (Wildman–Crippen LogP) is 2.54. The summed E-state index contributed by atoms with van der Waals surface area (Å²) in [5, 5.41) is 0. The van der Waals surface area contributed by atoms with Gasteiger partial charge < -0.3 is 4.90 Å². The van der Waals surface area contributed by atoms with E-state index in [1.807, 2.05) is 0 Å². The van der Waals surface area contributed by atoms with Crippen molar-refractivity contribution in [1.82, 2.24) is 4.90 Å². The van der Waals surface area contributed by atoms with Gasteiger partial charge in [0.05, 0.1) is 0 Å². The predicted molar refractivity (Wildman–Crippen MR) is 50.5 cm³/mol. The van der Waals surface area contributed by atoms with E-state index in [9.17, 15) is 22.4 Å². The second kappa shape index (κ2) is 5.01. The van der Waals surface area contributed by atoms with Gasteiger partial charge >= 0.3 is 12.3 Å². The summed E-state index contributed by atoms with van der Waals surface area (Å²) in [6, 6.07) is 0. The molecule has 0 spiro atoms. The monoisotopic (exact) mass is 241 g/mol. The summed E-state index contributed by atoms with van der Waals surface area (Å²) in [6.45, 7) is 1.72. The van der Waals surface area contributed by atoms with Crippen LogP contribution in [0.1, 0.15) is 26.2 Å². The van der Waals surface area contributed by atoms with Crippen molar-refractivity contribution < 1.29 is 22.4 Å². The molecule has 1 rings (SSSR count). The lowest BCUT2D eigenvalue weighted by Crippen LogP contribution is -2.49. The summed E-state index contributed by atoms with van der Waals surface area (Å²) in [6.07, 6.45) is -1.16. The SMILES string of the molecule is CCN(CC1CCC1)C(=O)C(F)(F)C(F)F. The number of nitrogens with zero attached hydrogens (tertiary/aromatic N) is 1. The molecular weight excluding hydrogens is 226 g/mol. The molecule has 2 nitrogen and oxygen atoms in total. The van der Waals surface area contributed by atoms with Gasteiger partial charge in [0, 0.05) is 13.1 Å². The van der Waals surface area contributed by atoms with Crippen molar-refractivity contribution in [3.05, 3.63) is 0 Å². The Morgan fingerprint density at radius 3 is 2.31 bits per heavy atom. The highest BCUT2D eigenvalue weighted by molar-refractivity contribution is 5.84. The summed E-state index contributed by atoms with van der Waals surface area (Å²) < 4.78 is 49.6. The van der Waals surface area contributed by atoms with Crippen molar-refractivity contribution in [2.24, 2.45) is 5.92 Å². The first kappa shape index (κ1) is 13.3. The lowest BCUT2D eigenvalue weighted by Gasteiger charge is -2.33. The van der Waals surface area contributed by atoms with E-state index >= 15 is 0 Å². The van der Waals surface area contributed by atoms with Crippen LogP contribution in [0.3, 0.4) is 0 Å². The van der Waals surface area contributed by atoms with E-state index in [1.165, 1.54) is 6.92 Å². The Hall–Kier alpha value is -0.810. The minimum atomic E-state index is -4.56. The van der Waals surface area contributed by atoms with E-state index in [-0.39, 0.29) is 19.0 Å². The summed E-state index contributed by atoms with van der Waals surface area (Å²) in [5.74, 6) is -6.12. The maximum atomic E-state index is 12.8. The molecule has 0 aromatic heterocycles. The molecule has 1 aliphatic rings. The van der Waals surface area contributed by atoms with Gasteiger partial charge in [-0.3, -0.25) is 4.79 Å². The molecule has 1 aliphatic carbocycles. The number of carbonyl (C=O) groups excluding carboxylic acids is 1. The molecule has 0 saturated heterocycles. The van der Waals surface area contributed by atoms with Gasteiger partial charge in [-0.2, -0.15) is 8.78 Å². The van der Waals surface area contributed by atoms with E-state index in [1.54, 1.807) is 0 Å². The number of alkyl halides is 4. The summed E-state index contributed by atoms with van der Waals surface area (Å²) in [4.78, 5) is 12.0. The molecular formula is C10H15F4NO. The molecule has 0 radical (unpaired) electrons. The van der Waals surface area contributed by atoms with Crippen LogP contribution in [0.4, 0.5) is 17.6 Å². The molecule has 0 aliphatic heterocycles. The maximum Gasteiger partial charge on any atom is 0.383 e. The minimum Gasteiger partial charge on any atom is -0.337 e. The van der Waals surface area contributed by atoms with E-state index in [2.05, 4.69) is 0 Å². The van der Waals surface area contributed by atoms with E-state index in [4.69, 9.17) is 0 Å². The highest BCUT2D eigenvalue weighted by Gasteiger charge is 2.51. The quantitative estimate of drug-likeness (QED) is 0.677. The normalized spacial score (nSPS) is 17.4. The lowest BCUT2D eigenvalue weighted by molar-refractivity contribution is -0.181. The molecule has 94 valence electrons. The van der Waals surface area contributed by atoms with Crippen molar-refractivity contribution in [2.45, 2.75) is 38.5 Å². The molecule has 0 atom stereocenters. The van der Waals surface area contributed by atoms with Gasteiger partial charge in [-0.05, 0) is 25.7 Å². The van der Waals surface area contributed by atoms with Crippen LogP contribution in [-0.4, -0.2) is 36.2 Å². The number of hydrogen-bond donors (Lipinski definition) is 0. The maximum absolute atomic E-state index is 12.8. The van der Waals surface area contributed by atoms with Gasteiger partial charge in [-0.15, -0.1) is 0 Å². The first-order chi connectivity index (χ1) is 7.39. The second-order valence-corrected chi connectivity index (χ2v) is 4.06. The van der Waals surface area contributed by atoms with Crippen molar-refractivity contribution in [2.75, 3.05) is 13.1 Å². The third kappa shape index (κ3) is 2.65. The van der Waals surface area contributed by atoms with Crippen molar-refractivity contribution in [1.29, 1.82) is 0 Å². The zero-order valence-corrected chi connectivity index (χ0v) is 9.06. The largest absolute Gasteiger partial charge is 0.383 e. The van der Waals surface area contributed by atoms with Gasteiger partial charge in [0.15, 0.2) is 0 Å². The molecule has 0 aromatic carbocycles. The van der Waals surface area contributed by atoms with Crippen LogP contribution in [0.25, 0.3) is 0 Å². The highest BCUT2D eigenvalue weighted by atomic mass is 19.3. The molecule has 16 heavy (non-hydrogen) atoms. The Balaban J connectivity index is 2.60. The van der Waals surface area contributed by atoms with Crippen LogP contribution in [0.2, 0.25) is 0 Å². The Bertz CT molecular complexity index is 253. The van der Waals surface area contributed by atoms with Gasteiger partial charge in [0.2, 0.25) is 0 Å². The second-order valence-electron chi connectivity index (χ2n) is 4.06. The number of halogens is 4. The van der Waals surface area contributed by atoms with Crippen LogP contribution in [0.5, 0.6) is 0 Å². The van der Waals surface area contributed by atoms with E-state index in [0.717, 1.165) is 24.2 Å². The van der Waals surface area contributed by atoms with E-state index < -0.39 is 18.3 Å². The average molecular weight is 241 g/mol. The van der Waals surface area contributed by atoms with Crippen molar-refractivity contribution in [3.63, 3.8) is 0 Å². The summed E-state index contributed by atoms with van der Waals surface area (Å²) in [7, 11) is 0. The number of amides is 1. The fourth-order valence-corrected chi connectivity index (χ4v) is 1.65. The molecule has 1 amide bonds. The van der Waals surface area contributed by atoms with Gasteiger partial charge in [-0.25, -0.2) is 8.78 Å². The van der Waals surface area contributed by atoms with E-state index in [0.29, 0.717) is 0 Å². The minimum absolute atomic E-state index is 0.0393. The molecule has 0 unspecified atom stereocenters. The summed E-state index contributed by atoms with van der Waals surface area (Å²) in [5.41, 5.74) is 0. The number of hydrogen-bond acceptors (Lipinski definition) is 1. The lowest BCUT2D eigenvalue weighted by atomic mass is 9.85. The Labute approximate surface area is 91.6 Å². The Morgan fingerprint density at radius 2 is 2.00 bits per heavy atom. The Morgan fingerprint density at radius 1 is 1.44 bits per heavy atom. The third-order valence-electron chi connectivity index (χ3n) is 2.93. The Kier molecular flexibility index (Phi) is 4.15. The van der Waals surface area contributed by atoms with Gasteiger partial charge in [0.25, 0.3) is 5.91 Å². The highest BCUT2D eigenvalue weighted by Crippen LogP contribution is 2.30. The molecule has 1 fully saturated rings. The number of rotatable bonds is 5. The molecule has 1 saturated carbocycles. The van der Waals surface area contributed by atoms with Crippen molar-refractivity contribution in [3.8, 4) is 0 Å². The fourth-order valence-electron chi connectivity index (χ4n) is 1.65. The van der Waals surface area contributed by atoms with Crippen molar-refractivity contribution >= 4 is 5.91 Å². The van der Waals surface area contributed by atoms with Crippen LogP contribution >= 0.6 is 0 Å². The smallest absolute Gasteiger partial charge is 0.337 e. The molecule has 0 aromatic rings. The van der Waals surface area contributed by atoms with Crippen LogP contribution in [-0.2, 0) is 4.79 Å². The summed E-state index contributed by atoms with van der Waals surface area (Å²) >= 11 is 0. The standard InChI is InChI=1S/C10H15F4NO/c1-2-15(6-7-4-3-5-7)9(16)10(13,14)8(11)12/h7-8H,2-6H2,1H3. The molecule has 0 heterocycles. The molecule has 0 N–H and O–H groups in total. The molecule has 0 bridgehead atoms. The van der Waals surface area contributed by atoms with Gasteiger partial charge in [-0.1, -0.05) is 6.42 Å². The van der Waals surface area contributed by atoms with Crippen LogP contribution in [0.15, 0.2) is 0 Å². The third-order valence-corrected chi connectivity index (χ3v) is 2.93. The first-order valence-electron chi connectivity index (χ1n) is 5.35. The zero-order valence-electron chi connectivity index (χ0n) is 9.06. The number of carbonyl (C=O) groups is 1. The topological polar surface area (TPSA) is 20.3 Å². The first-order valence-corrected chi connectivity index (χ1v) is 5.35. The van der Waals surface area contributed by atoms with Gasteiger partial charge in [0.1, 0.15) is 0 Å². The zero-order chi connectivity index (χ0) is 12.3. The fraction of sp³-hybridized carbons (Fsp3) is 0.900.